The van der Waals surface area contributed by atoms with Gasteiger partial charge in [0.05, 0.1) is 19.3 Å². The number of unbranched alkanes of at least 4 members (excludes halogenated alkanes) is 2. The van der Waals surface area contributed by atoms with Crippen LogP contribution in [0.3, 0.4) is 0 Å². The lowest BCUT2D eigenvalue weighted by molar-refractivity contribution is 0.116. The maximum Gasteiger partial charge on any atom is 0.119 e. The van der Waals surface area contributed by atoms with Crippen LogP contribution in [0.15, 0.2) is 54.6 Å². The first-order valence-electron chi connectivity index (χ1n) is 9.29. The zero-order valence-electron chi connectivity index (χ0n) is 15.4. The topological polar surface area (TPSA) is 39.7 Å². The van der Waals surface area contributed by atoms with E-state index >= 15 is 0 Å². The molecule has 0 bridgehead atoms. The number of nitrogens with one attached hydrogen (secondary N) is 1. The predicted octanol–water partition coefficient (Wildman–Crippen LogP) is 6.19. The van der Waals surface area contributed by atoms with Gasteiger partial charge in [-0.2, -0.15) is 0 Å². The maximum absolute atomic E-state index is 5.91. The largest absolute Gasteiger partial charge is 0.494 e. The van der Waals surface area contributed by atoms with E-state index in [1.54, 1.807) is 0 Å². The van der Waals surface area contributed by atoms with Gasteiger partial charge in [-0.25, -0.2) is 0 Å². The number of benzene rings is 2. The van der Waals surface area contributed by atoms with Gasteiger partial charge in [0.25, 0.3) is 0 Å². The van der Waals surface area contributed by atoms with Crippen LogP contribution in [0.1, 0.15) is 42.9 Å². The Morgan fingerprint density at radius 3 is 2.52 bits per heavy atom. The first-order valence-corrected chi connectivity index (χ1v) is 11.2. The van der Waals surface area contributed by atoms with E-state index in [1.807, 2.05) is 53.3 Å². The normalized spacial score (nSPS) is 12.1. The van der Waals surface area contributed by atoms with E-state index in [9.17, 15) is 0 Å². The molecule has 0 heterocycles. The van der Waals surface area contributed by atoms with E-state index in [0.717, 1.165) is 56.8 Å². The van der Waals surface area contributed by atoms with Gasteiger partial charge in [0.1, 0.15) is 28.8 Å². The highest BCUT2D eigenvalue weighted by atomic mass is 127. The number of hydrogen-bond acceptors (Lipinski definition) is 4. The van der Waals surface area contributed by atoms with Crippen molar-refractivity contribution in [1.29, 1.82) is 0 Å². The Hall–Kier alpha value is -0.420. The monoisotopic (exact) mass is 595 g/mol. The number of ether oxygens (including phenoxy) is 2. The summed E-state index contributed by atoms with van der Waals surface area (Å²) in [6.45, 7) is 3.13. The van der Waals surface area contributed by atoms with Gasteiger partial charge in [-0.15, -0.1) is 0 Å². The molecule has 2 rings (SSSR count). The Balaban J connectivity index is 1.59. The Kier molecular flexibility index (Phi) is 12.3. The minimum absolute atomic E-state index is 0.0816. The van der Waals surface area contributed by atoms with Crippen molar-refractivity contribution < 1.29 is 12.5 Å². The molecule has 6 heteroatoms. The maximum atomic E-state index is 5.91. The third-order valence-corrected chi connectivity index (χ3v) is 5.30. The molecule has 2 aromatic rings. The first kappa shape index (κ1) is 22.9. The van der Waals surface area contributed by atoms with Crippen LogP contribution in [-0.4, -0.2) is 19.8 Å². The second-order valence-corrected chi connectivity index (χ2v) is 7.54. The van der Waals surface area contributed by atoms with Gasteiger partial charge in [-0.1, -0.05) is 42.5 Å². The van der Waals surface area contributed by atoms with Crippen molar-refractivity contribution in [1.82, 2.24) is 3.53 Å². The van der Waals surface area contributed by atoms with Crippen LogP contribution in [0.5, 0.6) is 5.75 Å². The van der Waals surface area contributed by atoms with Crippen LogP contribution < -0.4 is 8.27 Å². The summed E-state index contributed by atoms with van der Waals surface area (Å²) in [6.07, 6.45) is 4.21. The standard InChI is InChI=1S/C21H27I2NO3/c22-24-13-12-21(27-23)19-10-7-11-20(16-19)26-15-6-2-5-14-25-17-18-8-3-1-4-9-18/h1,3-4,7-11,16,21,24H,2,5-6,12-15,17H2. The minimum atomic E-state index is 0.0816. The van der Waals surface area contributed by atoms with E-state index in [4.69, 9.17) is 12.5 Å². The molecule has 0 radical (unpaired) electrons. The molecule has 4 nitrogen and oxygen atoms in total. The third kappa shape index (κ3) is 9.56. The number of hydrogen-bond donors (Lipinski definition) is 1. The average molecular weight is 595 g/mol. The molecule has 1 unspecified atom stereocenters. The molecule has 2 aromatic carbocycles. The molecule has 0 aliphatic carbocycles. The molecule has 0 amide bonds. The fourth-order valence-corrected chi connectivity index (χ4v) is 3.55. The molecule has 0 fully saturated rings. The van der Waals surface area contributed by atoms with Gasteiger partial charge in [0, 0.05) is 36.0 Å². The summed E-state index contributed by atoms with van der Waals surface area (Å²) in [7, 11) is 0. The van der Waals surface area contributed by atoms with Crippen molar-refractivity contribution in [3.05, 3.63) is 65.7 Å². The zero-order chi connectivity index (χ0) is 19.2. The first-order chi connectivity index (χ1) is 13.3. The van der Waals surface area contributed by atoms with Crippen LogP contribution in [0, 0.1) is 0 Å². The van der Waals surface area contributed by atoms with Gasteiger partial charge in [-0.3, -0.25) is 3.53 Å². The van der Waals surface area contributed by atoms with Gasteiger partial charge in [0.2, 0.25) is 0 Å². The highest BCUT2D eigenvalue weighted by Crippen LogP contribution is 2.26. The quantitative estimate of drug-likeness (QED) is 0.161. The van der Waals surface area contributed by atoms with Crippen molar-refractivity contribution in [2.24, 2.45) is 0 Å². The zero-order valence-corrected chi connectivity index (χ0v) is 19.7. The van der Waals surface area contributed by atoms with Gasteiger partial charge in [0.15, 0.2) is 0 Å². The number of rotatable bonds is 14. The molecule has 0 saturated heterocycles. The molecular weight excluding hydrogens is 568 g/mol. The highest BCUT2D eigenvalue weighted by Gasteiger charge is 2.11. The van der Waals surface area contributed by atoms with Crippen LogP contribution >= 0.6 is 45.9 Å². The lowest BCUT2D eigenvalue weighted by atomic mass is 10.1. The van der Waals surface area contributed by atoms with Crippen molar-refractivity contribution in [2.75, 3.05) is 19.8 Å². The summed E-state index contributed by atoms with van der Waals surface area (Å²) in [4.78, 5) is 0. The van der Waals surface area contributed by atoms with Crippen molar-refractivity contribution >= 4 is 45.9 Å². The summed E-state index contributed by atoms with van der Waals surface area (Å²) in [6, 6.07) is 18.5. The molecule has 0 aliphatic rings. The summed E-state index contributed by atoms with van der Waals surface area (Å²) in [5.74, 6) is 0.911. The number of halogens is 2. The van der Waals surface area contributed by atoms with Crippen molar-refractivity contribution in [2.45, 2.75) is 38.4 Å². The van der Waals surface area contributed by atoms with Crippen molar-refractivity contribution in [3.63, 3.8) is 0 Å². The molecule has 0 saturated carbocycles. The van der Waals surface area contributed by atoms with Crippen LogP contribution in [0.25, 0.3) is 0 Å². The molecule has 148 valence electrons. The minimum Gasteiger partial charge on any atom is -0.494 e. The van der Waals surface area contributed by atoms with Gasteiger partial charge < -0.3 is 12.5 Å². The Labute approximate surface area is 190 Å². The van der Waals surface area contributed by atoms with E-state index < -0.39 is 0 Å². The second-order valence-electron chi connectivity index (χ2n) is 6.27. The lowest BCUT2D eigenvalue weighted by Gasteiger charge is -2.15. The smallest absolute Gasteiger partial charge is 0.119 e. The fourth-order valence-electron chi connectivity index (χ4n) is 2.69. The van der Waals surface area contributed by atoms with Gasteiger partial charge in [-0.05, 0) is 48.9 Å². The Bertz CT molecular complexity index is 628. The summed E-state index contributed by atoms with van der Waals surface area (Å²) >= 11 is 4.13. The summed E-state index contributed by atoms with van der Waals surface area (Å²) in [5, 5.41) is 0. The molecule has 1 N–H and O–H groups in total. The Morgan fingerprint density at radius 1 is 0.926 bits per heavy atom. The lowest BCUT2D eigenvalue weighted by Crippen LogP contribution is -2.08. The van der Waals surface area contributed by atoms with Crippen LogP contribution in [-0.2, 0) is 14.4 Å². The molecule has 0 spiro atoms. The third-order valence-electron chi connectivity index (χ3n) is 4.15. The fraction of sp³-hybridized carbons (Fsp3) is 0.429. The average Bonchev–Trinajstić information content (AvgIpc) is 2.72. The van der Waals surface area contributed by atoms with E-state index in [-0.39, 0.29) is 6.10 Å². The Morgan fingerprint density at radius 2 is 1.74 bits per heavy atom. The van der Waals surface area contributed by atoms with Crippen molar-refractivity contribution in [3.8, 4) is 5.75 Å². The van der Waals surface area contributed by atoms with Crippen LogP contribution in [0.2, 0.25) is 0 Å². The van der Waals surface area contributed by atoms with E-state index in [2.05, 4.69) is 50.7 Å². The molecule has 1 atom stereocenters. The second kappa shape index (κ2) is 14.6. The predicted molar refractivity (Wildman–Crippen MR) is 126 cm³/mol. The SMILES string of the molecule is INCCC(OI)c1cccc(OCCCCCOCc2ccccc2)c1. The summed E-state index contributed by atoms with van der Waals surface area (Å²) < 4.78 is 20.3. The van der Waals surface area contributed by atoms with Crippen LogP contribution in [0.4, 0.5) is 0 Å². The summed E-state index contributed by atoms with van der Waals surface area (Å²) in [5.41, 5.74) is 2.38. The highest BCUT2D eigenvalue weighted by molar-refractivity contribution is 14.1. The van der Waals surface area contributed by atoms with E-state index in [1.165, 1.54) is 5.56 Å². The molecule has 0 aliphatic heterocycles. The molecule has 0 aromatic heterocycles. The molecular formula is C21H27I2NO3. The van der Waals surface area contributed by atoms with Gasteiger partial charge >= 0.3 is 0 Å². The van der Waals surface area contributed by atoms with E-state index in [0.29, 0.717) is 6.61 Å². The molecule has 27 heavy (non-hydrogen) atoms.